The second-order valence-corrected chi connectivity index (χ2v) is 4.62. The van der Waals surface area contributed by atoms with Crippen LogP contribution in [0, 0.1) is 0 Å². The highest BCUT2D eigenvalue weighted by Gasteiger charge is 2.17. The molecule has 94 valence electrons. The van der Waals surface area contributed by atoms with Crippen molar-refractivity contribution < 1.29 is 14.7 Å². The molecule has 0 spiro atoms. The summed E-state index contributed by atoms with van der Waals surface area (Å²) in [6, 6.07) is 9.73. The van der Waals surface area contributed by atoms with Crippen LogP contribution in [0.2, 0.25) is 0 Å². The minimum absolute atomic E-state index is 0.0455. The molecule has 0 saturated carbocycles. The fraction of sp³-hybridized carbons (Fsp3) is 0.125. The number of carboxylic acid groups (broad SMARTS) is 1. The van der Waals surface area contributed by atoms with Crippen molar-refractivity contribution in [2.24, 2.45) is 0 Å². The molecule has 0 saturated heterocycles. The van der Waals surface area contributed by atoms with Crippen LogP contribution in [0.25, 0.3) is 22.9 Å². The predicted molar refractivity (Wildman–Crippen MR) is 74.1 cm³/mol. The number of carboxylic acids is 1. The number of hydrogen-bond donors (Lipinski definition) is 1. The van der Waals surface area contributed by atoms with E-state index in [0.717, 1.165) is 21.9 Å². The lowest BCUT2D eigenvalue weighted by Gasteiger charge is -2.07. The van der Waals surface area contributed by atoms with E-state index in [9.17, 15) is 9.59 Å². The van der Waals surface area contributed by atoms with E-state index in [2.05, 4.69) is 0 Å². The van der Waals surface area contributed by atoms with E-state index >= 15 is 0 Å². The summed E-state index contributed by atoms with van der Waals surface area (Å²) in [5.41, 5.74) is 2.65. The van der Waals surface area contributed by atoms with Crippen molar-refractivity contribution in [3.8, 4) is 0 Å². The summed E-state index contributed by atoms with van der Waals surface area (Å²) in [5, 5.41) is 10.8. The van der Waals surface area contributed by atoms with Crippen molar-refractivity contribution >= 4 is 34.7 Å². The molecule has 0 heterocycles. The average molecular weight is 252 g/mol. The van der Waals surface area contributed by atoms with Gasteiger partial charge in [0.1, 0.15) is 0 Å². The number of carbonyl (C=O) groups excluding carboxylic acids is 1. The molecule has 3 nitrogen and oxygen atoms in total. The van der Waals surface area contributed by atoms with E-state index in [1.807, 2.05) is 36.4 Å². The van der Waals surface area contributed by atoms with Gasteiger partial charge < -0.3 is 5.11 Å². The second kappa shape index (κ2) is 4.35. The van der Waals surface area contributed by atoms with Gasteiger partial charge in [-0.1, -0.05) is 42.5 Å². The van der Waals surface area contributed by atoms with Gasteiger partial charge in [0.2, 0.25) is 0 Å². The molecule has 3 rings (SSSR count). The second-order valence-electron chi connectivity index (χ2n) is 4.62. The number of ketones is 1. The Labute approximate surface area is 110 Å². The van der Waals surface area contributed by atoms with Gasteiger partial charge in [-0.15, -0.1) is 0 Å². The summed E-state index contributed by atoms with van der Waals surface area (Å²) in [5.74, 6) is -1.05. The minimum atomic E-state index is -0.943. The molecule has 0 bridgehead atoms. The first-order valence-corrected chi connectivity index (χ1v) is 6.15. The summed E-state index contributed by atoms with van der Waals surface area (Å²) >= 11 is 0. The minimum Gasteiger partial charge on any atom is -0.481 e. The van der Waals surface area contributed by atoms with Gasteiger partial charge in [0.05, 0.1) is 6.42 Å². The zero-order valence-electron chi connectivity index (χ0n) is 10.2. The van der Waals surface area contributed by atoms with Crippen molar-refractivity contribution in [2.75, 3.05) is 0 Å². The first-order chi connectivity index (χ1) is 9.16. The molecule has 1 aliphatic rings. The molecule has 2 aromatic carbocycles. The van der Waals surface area contributed by atoms with Crippen LogP contribution in [-0.4, -0.2) is 16.9 Å². The van der Waals surface area contributed by atoms with E-state index in [4.69, 9.17) is 5.11 Å². The Bertz CT molecular complexity index is 726. The molecular weight excluding hydrogens is 240 g/mol. The summed E-state index contributed by atoms with van der Waals surface area (Å²) in [7, 11) is 0. The number of aliphatic carboxylic acids is 1. The van der Waals surface area contributed by atoms with Gasteiger partial charge in [-0.2, -0.15) is 0 Å². The number of hydrogen-bond acceptors (Lipinski definition) is 2. The molecule has 0 fully saturated rings. The maximum absolute atomic E-state index is 12.1. The summed E-state index contributed by atoms with van der Waals surface area (Å²) in [6.45, 7) is 0. The molecule has 0 unspecified atom stereocenters. The standard InChI is InChI=1S/C16H12O3/c17-14(8-9-15(18)19)12-6-4-10-2-1-3-11-5-7-13(12)16(10)11/h1-7H,8-9H2,(H,18,19). The maximum atomic E-state index is 12.1. The van der Waals surface area contributed by atoms with E-state index in [-0.39, 0.29) is 18.6 Å². The Balaban J connectivity index is 2.06. The van der Waals surface area contributed by atoms with Gasteiger partial charge in [-0.05, 0) is 21.9 Å². The van der Waals surface area contributed by atoms with Gasteiger partial charge in [0, 0.05) is 12.0 Å². The van der Waals surface area contributed by atoms with Gasteiger partial charge in [-0.25, -0.2) is 0 Å². The highest BCUT2D eigenvalue weighted by Crippen LogP contribution is 2.33. The smallest absolute Gasteiger partial charge is 0.303 e. The van der Waals surface area contributed by atoms with Gasteiger partial charge in [0.25, 0.3) is 0 Å². The van der Waals surface area contributed by atoms with Crippen molar-refractivity contribution in [3.05, 3.63) is 47.0 Å². The fourth-order valence-electron chi connectivity index (χ4n) is 2.52. The fourth-order valence-corrected chi connectivity index (χ4v) is 2.52. The highest BCUT2D eigenvalue weighted by molar-refractivity contribution is 6.12. The van der Waals surface area contributed by atoms with Crippen LogP contribution in [0.15, 0.2) is 30.3 Å². The number of carbonyl (C=O) groups is 2. The lowest BCUT2D eigenvalue weighted by atomic mass is 9.96. The third-order valence-electron chi connectivity index (χ3n) is 3.41. The molecule has 0 aromatic heterocycles. The van der Waals surface area contributed by atoms with Crippen LogP contribution in [0.5, 0.6) is 0 Å². The molecule has 0 radical (unpaired) electrons. The van der Waals surface area contributed by atoms with Crippen molar-refractivity contribution in [1.29, 1.82) is 0 Å². The predicted octanol–water partition coefficient (Wildman–Crippen LogP) is 3.37. The lowest BCUT2D eigenvalue weighted by molar-refractivity contribution is -0.136. The van der Waals surface area contributed by atoms with Crippen LogP contribution in [0.4, 0.5) is 0 Å². The van der Waals surface area contributed by atoms with Crippen LogP contribution >= 0.6 is 0 Å². The topological polar surface area (TPSA) is 54.4 Å². The Kier molecular flexibility index (Phi) is 2.67. The zero-order valence-corrected chi connectivity index (χ0v) is 10.2. The maximum Gasteiger partial charge on any atom is 0.303 e. The third-order valence-corrected chi connectivity index (χ3v) is 3.41. The van der Waals surface area contributed by atoms with Crippen LogP contribution in [-0.2, 0) is 4.79 Å². The molecule has 0 aliphatic heterocycles. The Hall–Kier alpha value is -2.42. The number of Topliss-reactive ketones (excluding diaryl/α,β-unsaturated/α-hetero) is 1. The lowest BCUT2D eigenvalue weighted by Crippen LogP contribution is -2.05. The van der Waals surface area contributed by atoms with E-state index in [1.165, 1.54) is 0 Å². The molecule has 3 heteroatoms. The van der Waals surface area contributed by atoms with Gasteiger partial charge >= 0.3 is 5.97 Å². The number of rotatable bonds is 4. The van der Waals surface area contributed by atoms with E-state index in [1.54, 1.807) is 6.07 Å². The van der Waals surface area contributed by atoms with Crippen molar-refractivity contribution in [1.82, 2.24) is 0 Å². The largest absolute Gasteiger partial charge is 0.481 e. The van der Waals surface area contributed by atoms with Crippen LogP contribution < -0.4 is 0 Å². The number of benzene rings is 2. The Morgan fingerprint density at radius 2 is 1.84 bits per heavy atom. The molecule has 1 N–H and O–H groups in total. The van der Waals surface area contributed by atoms with Crippen LogP contribution in [0.3, 0.4) is 0 Å². The quantitative estimate of drug-likeness (QED) is 0.724. The van der Waals surface area contributed by atoms with E-state index < -0.39 is 5.97 Å². The normalized spacial score (nSPS) is 12.0. The molecular formula is C16H12O3. The highest BCUT2D eigenvalue weighted by atomic mass is 16.4. The van der Waals surface area contributed by atoms with E-state index in [0.29, 0.717) is 5.56 Å². The van der Waals surface area contributed by atoms with Gasteiger partial charge in [-0.3, -0.25) is 9.59 Å². The molecule has 19 heavy (non-hydrogen) atoms. The molecule has 0 atom stereocenters. The monoisotopic (exact) mass is 252 g/mol. The third kappa shape index (κ3) is 1.93. The van der Waals surface area contributed by atoms with Gasteiger partial charge in [0.15, 0.2) is 5.78 Å². The SMILES string of the molecule is O=C(O)CCC(=O)c1ccc2cccc3c2c1C=C3. The molecule has 2 aromatic rings. The summed E-state index contributed by atoms with van der Waals surface area (Å²) < 4.78 is 0. The average Bonchev–Trinajstić information content (AvgIpc) is 2.83. The van der Waals surface area contributed by atoms with Crippen LogP contribution in [0.1, 0.15) is 34.3 Å². The first-order valence-electron chi connectivity index (χ1n) is 6.15. The zero-order chi connectivity index (χ0) is 13.4. The Morgan fingerprint density at radius 3 is 2.63 bits per heavy atom. The summed E-state index contributed by atoms with van der Waals surface area (Å²) in [6.07, 6.45) is 3.85. The molecule has 1 aliphatic carbocycles. The Morgan fingerprint density at radius 1 is 1.00 bits per heavy atom. The van der Waals surface area contributed by atoms with Crippen molar-refractivity contribution in [2.45, 2.75) is 12.8 Å². The molecule has 0 amide bonds. The summed E-state index contributed by atoms with van der Waals surface area (Å²) in [4.78, 5) is 22.6. The first kappa shape index (κ1) is 11.7. The van der Waals surface area contributed by atoms with Crippen molar-refractivity contribution in [3.63, 3.8) is 0 Å².